The Balaban J connectivity index is 2.29. The Morgan fingerprint density at radius 3 is 2.53 bits per heavy atom. The summed E-state index contributed by atoms with van der Waals surface area (Å²) in [4.78, 5) is 11.6. The zero-order valence-corrected chi connectivity index (χ0v) is 12.3. The molecule has 1 atom stereocenters. The zero-order valence-electron chi connectivity index (χ0n) is 10.7. The van der Waals surface area contributed by atoms with E-state index in [1.807, 2.05) is 38.2 Å². The van der Waals surface area contributed by atoms with E-state index in [0.29, 0.717) is 0 Å². The first-order chi connectivity index (χ1) is 8.99. The van der Waals surface area contributed by atoms with Crippen molar-refractivity contribution in [2.24, 2.45) is 12.8 Å². The van der Waals surface area contributed by atoms with Gasteiger partial charge in [0.05, 0.1) is 6.20 Å². The Labute approximate surface area is 119 Å². The number of anilines is 1. The van der Waals surface area contributed by atoms with E-state index in [9.17, 15) is 4.79 Å². The van der Waals surface area contributed by atoms with E-state index < -0.39 is 11.9 Å². The van der Waals surface area contributed by atoms with E-state index in [1.54, 1.807) is 10.9 Å². The number of nitrogens with two attached hydrogens (primary N) is 1. The fourth-order valence-electron chi connectivity index (χ4n) is 1.81. The number of aryl methyl sites for hydroxylation is 1. The number of aromatic nitrogens is 2. The van der Waals surface area contributed by atoms with Gasteiger partial charge in [0.25, 0.3) is 0 Å². The SMILES string of the molecule is Cc1c(C(Nc2ccc(Br)cc2)C(N)=O)cnn1C. The molecule has 0 spiro atoms. The van der Waals surface area contributed by atoms with Crippen molar-refractivity contribution in [1.82, 2.24) is 9.78 Å². The molecular weight excluding hydrogens is 308 g/mol. The molecule has 19 heavy (non-hydrogen) atoms. The molecule has 1 amide bonds. The minimum absolute atomic E-state index is 0.431. The Morgan fingerprint density at radius 1 is 1.42 bits per heavy atom. The van der Waals surface area contributed by atoms with Crippen molar-refractivity contribution in [3.63, 3.8) is 0 Å². The molecule has 0 saturated heterocycles. The second-order valence-electron chi connectivity index (χ2n) is 4.30. The molecule has 1 aromatic carbocycles. The molecule has 3 N–H and O–H groups in total. The van der Waals surface area contributed by atoms with Crippen LogP contribution in [0.15, 0.2) is 34.9 Å². The predicted octanol–water partition coefficient (Wildman–Crippen LogP) is 2.13. The van der Waals surface area contributed by atoms with Crippen LogP contribution in [0, 0.1) is 6.92 Å². The highest BCUT2D eigenvalue weighted by Crippen LogP contribution is 2.23. The van der Waals surface area contributed by atoms with Crippen molar-refractivity contribution >= 4 is 27.5 Å². The van der Waals surface area contributed by atoms with Crippen molar-refractivity contribution in [1.29, 1.82) is 0 Å². The third-order valence-electron chi connectivity index (χ3n) is 3.02. The van der Waals surface area contributed by atoms with Crippen LogP contribution in [0.5, 0.6) is 0 Å². The molecule has 6 heteroatoms. The Hall–Kier alpha value is -1.82. The first-order valence-electron chi connectivity index (χ1n) is 5.79. The van der Waals surface area contributed by atoms with Gasteiger partial charge in [0.1, 0.15) is 6.04 Å². The summed E-state index contributed by atoms with van der Waals surface area (Å²) in [5, 5.41) is 7.26. The molecule has 1 aromatic heterocycles. The van der Waals surface area contributed by atoms with Gasteiger partial charge in [-0.1, -0.05) is 15.9 Å². The highest BCUT2D eigenvalue weighted by molar-refractivity contribution is 9.10. The summed E-state index contributed by atoms with van der Waals surface area (Å²) < 4.78 is 2.69. The summed E-state index contributed by atoms with van der Waals surface area (Å²) in [5.74, 6) is -0.431. The predicted molar refractivity (Wildman–Crippen MR) is 77.6 cm³/mol. The van der Waals surface area contributed by atoms with E-state index in [4.69, 9.17) is 5.73 Å². The van der Waals surface area contributed by atoms with Gasteiger partial charge in [0, 0.05) is 28.5 Å². The summed E-state index contributed by atoms with van der Waals surface area (Å²) in [5.41, 5.74) is 8.01. The number of hydrogen-bond donors (Lipinski definition) is 2. The summed E-state index contributed by atoms with van der Waals surface area (Å²) in [7, 11) is 1.83. The van der Waals surface area contributed by atoms with Crippen LogP contribution in [0.1, 0.15) is 17.3 Å². The lowest BCUT2D eigenvalue weighted by Gasteiger charge is -2.16. The normalized spacial score (nSPS) is 12.2. The third kappa shape index (κ3) is 2.96. The van der Waals surface area contributed by atoms with Gasteiger partial charge in [-0.05, 0) is 31.2 Å². The molecule has 0 aliphatic carbocycles. The maximum absolute atomic E-state index is 11.6. The first-order valence-corrected chi connectivity index (χ1v) is 6.58. The second-order valence-corrected chi connectivity index (χ2v) is 5.21. The zero-order chi connectivity index (χ0) is 14.0. The maximum atomic E-state index is 11.6. The highest BCUT2D eigenvalue weighted by atomic mass is 79.9. The van der Waals surface area contributed by atoms with E-state index >= 15 is 0 Å². The first kappa shape index (κ1) is 13.6. The van der Waals surface area contributed by atoms with Gasteiger partial charge in [-0.2, -0.15) is 5.10 Å². The quantitative estimate of drug-likeness (QED) is 0.905. The van der Waals surface area contributed by atoms with Crippen LogP contribution in [0.25, 0.3) is 0 Å². The molecule has 2 rings (SSSR count). The van der Waals surface area contributed by atoms with E-state index in [1.165, 1.54) is 0 Å². The number of nitrogens with one attached hydrogen (secondary N) is 1. The Bertz CT molecular complexity index is 591. The van der Waals surface area contributed by atoms with Gasteiger partial charge in [0.15, 0.2) is 0 Å². The number of nitrogens with zero attached hydrogens (tertiary/aromatic N) is 2. The number of carbonyl (C=O) groups excluding carboxylic acids is 1. The van der Waals surface area contributed by atoms with Crippen LogP contribution in [0.3, 0.4) is 0 Å². The molecule has 0 radical (unpaired) electrons. The summed E-state index contributed by atoms with van der Waals surface area (Å²) in [6.45, 7) is 1.90. The van der Waals surface area contributed by atoms with Crippen LogP contribution < -0.4 is 11.1 Å². The number of hydrogen-bond acceptors (Lipinski definition) is 3. The summed E-state index contributed by atoms with van der Waals surface area (Å²) in [6, 6.07) is 6.97. The van der Waals surface area contributed by atoms with Crippen LogP contribution in [0.2, 0.25) is 0 Å². The van der Waals surface area contributed by atoms with Gasteiger partial charge >= 0.3 is 0 Å². The molecule has 1 unspecified atom stereocenters. The minimum Gasteiger partial charge on any atom is -0.370 e. The number of rotatable bonds is 4. The Kier molecular flexibility index (Phi) is 3.90. The van der Waals surface area contributed by atoms with Gasteiger partial charge in [-0.25, -0.2) is 0 Å². The molecule has 0 saturated carbocycles. The molecule has 0 aliphatic rings. The molecule has 1 heterocycles. The number of halogens is 1. The topological polar surface area (TPSA) is 72.9 Å². The van der Waals surface area contributed by atoms with E-state index in [-0.39, 0.29) is 0 Å². The van der Waals surface area contributed by atoms with Crippen molar-refractivity contribution in [3.05, 3.63) is 46.2 Å². The molecule has 2 aromatic rings. The average Bonchev–Trinajstić information content (AvgIpc) is 2.69. The lowest BCUT2D eigenvalue weighted by atomic mass is 10.1. The average molecular weight is 323 g/mol. The van der Waals surface area contributed by atoms with Gasteiger partial charge in [-0.3, -0.25) is 9.48 Å². The van der Waals surface area contributed by atoms with Crippen LogP contribution in [-0.2, 0) is 11.8 Å². The summed E-state index contributed by atoms with van der Waals surface area (Å²) >= 11 is 3.37. The molecule has 0 bridgehead atoms. The van der Waals surface area contributed by atoms with Gasteiger partial charge in [-0.15, -0.1) is 0 Å². The van der Waals surface area contributed by atoms with Crippen molar-refractivity contribution in [2.75, 3.05) is 5.32 Å². The lowest BCUT2D eigenvalue weighted by Crippen LogP contribution is -2.28. The number of benzene rings is 1. The number of primary amides is 1. The molecule has 5 nitrogen and oxygen atoms in total. The molecule has 0 fully saturated rings. The number of amides is 1. The second kappa shape index (κ2) is 5.44. The molecule has 100 valence electrons. The van der Waals surface area contributed by atoms with Gasteiger partial charge in [0.2, 0.25) is 5.91 Å². The maximum Gasteiger partial charge on any atom is 0.244 e. The summed E-state index contributed by atoms with van der Waals surface area (Å²) in [6.07, 6.45) is 1.66. The van der Waals surface area contributed by atoms with Crippen molar-refractivity contribution in [3.8, 4) is 0 Å². The van der Waals surface area contributed by atoms with Crippen molar-refractivity contribution in [2.45, 2.75) is 13.0 Å². The Morgan fingerprint density at radius 2 is 2.05 bits per heavy atom. The third-order valence-corrected chi connectivity index (χ3v) is 3.55. The van der Waals surface area contributed by atoms with Crippen LogP contribution >= 0.6 is 15.9 Å². The molecular formula is C13H15BrN4O. The lowest BCUT2D eigenvalue weighted by molar-refractivity contribution is -0.118. The van der Waals surface area contributed by atoms with E-state index in [2.05, 4.69) is 26.3 Å². The number of carbonyl (C=O) groups is 1. The van der Waals surface area contributed by atoms with Crippen LogP contribution in [-0.4, -0.2) is 15.7 Å². The van der Waals surface area contributed by atoms with Gasteiger partial charge < -0.3 is 11.1 Å². The van der Waals surface area contributed by atoms with E-state index in [0.717, 1.165) is 21.4 Å². The highest BCUT2D eigenvalue weighted by Gasteiger charge is 2.21. The fraction of sp³-hybridized carbons (Fsp3) is 0.231. The molecule has 0 aliphatic heterocycles. The fourth-order valence-corrected chi connectivity index (χ4v) is 2.08. The smallest absolute Gasteiger partial charge is 0.244 e. The largest absolute Gasteiger partial charge is 0.370 e. The minimum atomic E-state index is -0.588. The standard InChI is InChI=1S/C13H15BrN4O/c1-8-11(7-16-18(8)2)12(13(15)19)17-10-5-3-9(14)4-6-10/h3-7,12,17H,1-2H3,(H2,15,19). The van der Waals surface area contributed by atoms with Crippen molar-refractivity contribution < 1.29 is 4.79 Å². The van der Waals surface area contributed by atoms with Crippen LogP contribution in [0.4, 0.5) is 5.69 Å². The monoisotopic (exact) mass is 322 g/mol.